The molecule has 0 nitrogen and oxygen atoms in total. The zero-order valence-electron chi connectivity index (χ0n) is 30.6. The number of aryl methyl sites for hydroxylation is 4. The zero-order chi connectivity index (χ0) is 34.5. The molecule has 0 heterocycles. The third-order valence-corrected chi connectivity index (χ3v) is 16.7. The second-order valence-corrected chi connectivity index (χ2v) is 21.0. The summed E-state index contributed by atoms with van der Waals surface area (Å²) in [5, 5.41) is 10.7. The van der Waals surface area contributed by atoms with E-state index < -0.39 is 0 Å². The summed E-state index contributed by atoms with van der Waals surface area (Å²) in [4.78, 5) is 0. The van der Waals surface area contributed by atoms with Crippen molar-refractivity contribution >= 4 is 48.5 Å². The van der Waals surface area contributed by atoms with Crippen LogP contribution in [0.4, 0.5) is 0 Å². The molecule has 0 fully saturated rings. The largest absolute Gasteiger partial charge is 1.00 e. The summed E-state index contributed by atoms with van der Waals surface area (Å²) >= 11 is 1.80. The molecule has 0 aromatic heterocycles. The van der Waals surface area contributed by atoms with E-state index in [1.54, 1.807) is 23.3 Å². The van der Waals surface area contributed by atoms with Gasteiger partial charge in [-0.2, -0.15) is 12.1 Å². The third kappa shape index (κ3) is 9.22. The summed E-state index contributed by atoms with van der Waals surface area (Å²) in [6, 6.07) is 51.8. The molecule has 0 amide bonds. The Morgan fingerprint density at radius 2 is 0.961 bits per heavy atom. The first-order chi connectivity index (χ1) is 23.8. The molecule has 0 aliphatic heterocycles. The topological polar surface area (TPSA) is 0 Å². The van der Waals surface area contributed by atoms with E-state index in [1.807, 2.05) is 0 Å². The van der Waals surface area contributed by atoms with Crippen LogP contribution in [0.15, 0.2) is 133 Å². The van der Waals surface area contributed by atoms with E-state index in [0.29, 0.717) is 0 Å². The van der Waals surface area contributed by atoms with Crippen molar-refractivity contribution in [2.45, 2.75) is 60.1 Å². The quantitative estimate of drug-likeness (QED) is 0.123. The van der Waals surface area contributed by atoms with Crippen molar-refractivity contribution in [2.24, 2.45) is 0 Å². The number of hydrogen-bond acceptors (Lipinski definition) is 0. The first-order valence-electron chi connectivity index (χ1n) is 17.7. The van der Waals surface area contributed by atoms with Crippen molar-refractivity contribution < 1.29 is 48.1 Å². The summed E-state index contributed by atoms with van der Waals surface area (Å²) in [6.07, 6.45) is 1.09. The van der Waals surface area contributed by atoms with Crippen molar-refractivity contribution in [1.29, 1.82) is 0 Å². The third-order valence-electron chi connectivity index (χ3n) is 9.80. The van der Waals surface area contributed by atoms with Crippen LogP contribution >= 0.6 is 0 Å². The van der Waals surface area contributed by atoms with Crippen LogP contribution in [0.3, 0.4) is 0 Å². The standard InChI is InChI=1S/C22H19.C21H17.C4H10Si.2ClH.Zr/c1-3-16-12-21-15(2)8-11-20(22(21)13-16)19-10-9-17-6-4-5-7-18(17)14-19;1-14-11-20-15(2)7-10-19(21(20)12-14)18-9-8-16-5-3-4-6-17(16)13-18;1-3-5-4-2;;;/h4-14H,3H2,1-2H3;3-13H,1-2H3;3-4H2,1-2H3;2*1H;/q2*-1;;;;+2/p-2. The molecule has 0 spiro atoms. The molecular formula is C47H46Cl2SiZr-2. The van der Waals surface area contributed by atoms with Crippen molar-refractivity contribution in [2.75, 3.05) is 0 Å². The Balaban J connectivity index is 0.000000192. The molecule has 51 heavy (non-hydrogen) atoms. The van der Waals surface area contributed by atoms with Gasteiger partial charge in [-0.3, -0.25) is 0 Å². The average Bonchev–Trinajstić information content (AvgIpc) is 3.77. The average molecular weight is 801 g/mol. The number of hydrogen-bond donors (Lipinski definition) is 0. The Bertz CT molecular complexity index is 2410. The number of fused-ring (bicyclic) bond motifs is 4. The van der Waals surface area contributed by atoms with Crippen molar-refractivity contribution in [3.8, 4) is 22.3 Å². The van der Waals surface area contributed by atoms with Crippen LogP contribution < -0.4 is 24.8 Å². The minimum Gasteiger partial charge on any atom is -1.00 e. The van der Waals surface area contributed by atoms with Gasteiger partial charge in [0.15, 0.2) is 0 Å². The van der Waals surface area contributed by atoms with Crippen molar-refractivity contribution in [1.82, 2.24) is 0 Å². The van der Waals surface area contributed by atoms with E-state index in [1.165, 1.54) is 99.7 Å². The molecule has 0 saturated carbocycles. The summed E-state index contributed by atoms with van der Waals surface area (Å²) < 4.78 is 0. The van der Waals surface area contributed by atoms with Crippen LogP contribution in [0.1, 0.15) is 43.0 Å². The summed E-state index contributed by atoms with van der Waals surface area (Å²) in [7, 11) is 0. The number of benzene rings is 6. The smallest absolute Gasteiger partial charge is 0.0178 e. The van der Waals surface area contributed by atoms with Crippen LogP contribution in [0.2, 0.25) is 12.1 Å². The van der Waals surface area contributed by atoms with Gasteiger partial charge in [0, 0.05) is 0 Å². The maximum absolute atomic E-state index is 2.35. The molecule has 0 N–H and O–H groups in total. The Labute approximate surface area is 332 Å². The SMILES string of the molecule is CC[Si](=[Zr+2])CC.CCc1cc2c(-c3ccc4ccccc4c3)ccc(C)c2[cH-]1.Cc1cc2c(-c3ccc4ccccc4c3)ccc(C)c2[cH-]1.[Cl-].[Cl-]. The summed E-state index contributed by atoms with van der Waals surface area (Å²) in [5.41, 5.74) is 11.0. The fourth-order valence-corrected chi connectivity index (χ4v) is 7.27. The monoisotopic (exact) mass is 798 g/mol. The molecule has 0 aliphatic carbocycles. The second-order valence-electron chi connectivity index (χ2n) is 13.2. The van der Waals surface area contributed by atoms with Gasteiger partial charge in [0.2, 0.25) is 0 Å². The van der Waals surface area contributed by atoms with Gasteiger partial charge < -0.3 is 24.8 Å². The van der Waals surface area contributed by atoms with Crippen LogP contribution in [-0.2, 0) is 29.8 Å². The van der Waals surface area contributed by atoms with E-state index in [0.717, 1.165) is 6.42 Å². The van der Waals surface area contributed by atoms with Crippen molar-refractivity contribution in [3.63, 3.8) is 0 Å². The zero-order valence-corrected chi connectivity index (χ0v) is 35.5. The summed E-state index contributed by atoms with van der Waals surface area (Å²) in [6.45, 7) is 13.4. The van der Waals surface area contributed by atoms with Gasteiger partial charge in [-0.25, -0.2) is 0 Å². The molecule has 4 heteroatoms. The van der Waals surface area contributed by atoms with Crippen LogP contribution in [0, 0.1) is 20.8 Å². The molecule has 0 atom stereocenters. The van der Waals surface area contributed by atoms with Crippen LogP contribution in [0.5, 0.6) is 0 Å². The first kappa shape index (κ1) is 40.5. The molecule has 8 aromatic carbocycles. The molecule has 0 bridgehead atoms. The molecule has 0 radical (unpaired) electrons. The molecule has 0 unspecified atom stereocenters. The van der Waals surface area contributed by atoms with Gasteiger partial charge in [-0.1, -0.05) is 124 Å². The van der Waals surface area contributed by atoms with E-state index in [4.69, 9.17) is 0 Å². The predicted octanol–water partition coefficient (Wildman–Crippen LogP) is 7.82. The van der Waals surface area contributed by atoms with E-state index in [9.17, 15) is 0 Å². The number of rotatable bonds is 5. The maximum atomic E-state index is 2.35. The molecule has 258 valence electrons. The predicted molar refractivity (Wildman–Crippen MR) is 215 cm³/mol. The number of halogens is 2. The first-order valence-corrected chi connectivity index (χ1v) is 23.3. The van der Waals surface area contributed by atoms with Gasteiger partial charge in [0.25, 0.3) is 0 Å². The molecular weight excluding hydrogens is 755 g/mol. The Kier molecular flexibility index (Phi) is 14.7. The van der Waals surface area contributed by atoms with Crippen LogP contribution in [-0.4, -0.2) is 5.43 Å². The summed E-state index contributed by atoms with van der Waals surface area (Å²) in [5.74, 6) is 0. The molecule has 8 rings (SSSR count). The second kappa shape index (κ2) is 18.5. The minimum absolute atomic E-state index is 0. The fourth-order valence-electron chi connectivity index (χ4n) is 6.77. The van der Waals surface area contributed by atoms with Crippen LogP contribution in [0.25, 0.3) is 65.3 Å². The van der Waals surface area contributed by atoms with Gasteiger partial charge in [0.1, 0.15) is 0 Å². The van der Waals surface area contributed by atoms with Gasteiger partial charge in [-0.05, 0) is 51.2 Å². The molecule has 0 aliphatic rings. The maximum Gasteiger partial charge on any atom is -0.0178 e. The van der Waals surface area contributed by atoms with E-state index >= 15 is 0 Å². The van der Waals surface area contributed by atoms with Crippen molar-refractivity contribution in [3.05, 3.63) is 156 Å². The van der Waals surface area contributed by atoms with E-state index in [-0.39, 0.29) is 30.2 Å². The minimum atomic E-state index is 0. The van der Waals surface area contributed by atoms with Gasteiger partial charge >= 0.3 is 54.7 Å². The fraction of sp³-hybridized carbons (Fsp3) is 0.191. The Hall–Kier alpha value is -3.26. The Morgan fingerprint density at radius 3 is 1.41 bits per heavy atom. The van der Waals surface area contributed by atoms with Gasteiger partial charge in [-0.15, -0.1) is 68.1 Å². The Morgan fingerprint density at radius 1 is 0.510 bits per heavy atom. The normalized spacial score (nSPS) is 10.6. The van der Waals surface area contributed by atoms with E-state index in [2.05, 4.69) is 175 Å². The van der Waals surface area contributed by atoms with Gasteiger partial charge in [0.05, 0.1) is 0 Å². The molecule has 8 aromatic rings. The molecule has 0 saturated heterocycles.